The van der Waals surface area contributed by atoms with Gasteiger partial charge in [-0.3, -0.25) is 4.79 Å². The molecule has 1 amide bonds. The summed E-state index contributed by atoms with van der Waals surface area (Å²) in [6, 6.07) is 11.7. The molecule has 0 unspecified atom stereocenters. The third kappa shape index (κ3) is 4.04. The van der Waals surface area contributed by atoms with E-state index in [0.29, 0.717) is 5.69 Å². The van der Waals surface area contributed by atoms with Crippen LogP contribution in [0.4, 0.5) is 5.69 Å². The molecule has 1 atom stereocenters. The molecule has 2 rings (SSSR count). The van der Waals surface area contributed by atoms with Gasteiger partial charge in [-0.1, -0.05) is 18.2 Å². The maximum atomic E-state index is 12.1. The van der Waals surface area contributed by atoms with E-state index in [9.17, 15) is 14.7 Å². The highest BCUT2D eigenvalue weighted by Crippen LogP contribution is 2.30. The Morgan fingerprint density at radius 2 is 1.88 bits per heavy atom. The molecule has 6 nitrogen and oxygen atoms in total. The van der Waals surface area contributed by atoms with Crippen LogP contribution in [-0.2, 0) is 9.53 Å². The van der Waals surface area contributed by atoms with Crippen LogP contribution in [0.25, 0.3) is 0 Å². The monoisotopic (exact) mass is 329 g/mol. The number of rotatable bonds is 5. The van der Waals surface area contributed by atoms with Crippen LogP contribution in [0.3, 0.4) is 0 Å². The Kier molecular flexibility index (Phi) is 5.42. The van der Waals surface area contributed by atoms with E-state index in [1.54, 1.807) is 18.2 Å². The normalized spacial score (nSPS) is 11.5. The number of aryl methyl sites for hydroxylation is 1. The number of hydrogen-bond acceptors (Lipinski definition) is 5. The second-order valence-corrected chi connectivity index (χ2v) is 5.26. The lowest BCUT2D eigenvalue weighted by Crippen LogP contribution is -2.30. The summed E-state index contributed by atoms with van der Waals surface area (Å²) in [7, 11) is 1.38. The van der Waals surface area contributed by atoms with Crippen molar-refractivity contribution in [1.82, 2.24) is 0 Å². The van der Waals surface area contributed by atoms with Gasteiger partial charge in [0, 0.05) is 5.69 Å². The van der Waals surface area contributed by atoms with Crippen molar-refractivity contribution in [2.24, 2.45) is 0 Å². The summed E-state index contributed by atoms with van der Waals surface area (Å²) in [6.45, 7) is 3.37. The van der Waals surface area contributed by atoms with Gasteiger partial charge in [0.05, 0.1) is 7.11 Å². The molecule has 6 heteroatoms. The number of benzene rings is 2. The number of amides is 1. The van der Waals surface area contributed by atoms with Crippen molar-refractivity contribution in [2.75, 3.05) is 12.4 Å². The van der Waals surface area contributed by atoms with Crippen LogP contribution >= 0.6 is 0 Å². The largest absolute Gasteiger partial charge is 0.504 e. The summed E-state index contributed by atoms with van der Waals surface area (Å²) >= 11 is 0. The third-order valence-electron chi connectivity index (χ3n) is 3.38. The number of para-hydroxylation sites is 1. The Bertz CT molecular complexity index is 757. The maximum Gasteiger partial charge on any atom is 0.342 e. The molecule has 2 aromatic carbocycles. The number of nitrogens with one attached hydrogen (secondary N) is 1. The van der Waals surface area contributed by atoms with Gasteiger partial charge in [-0.25, -0.2) is 4.79 Å². The Labute approximate surface area is 140 Å². The van der Waals surface area contributed by atoms with Crippen molar-refractivity contribution in [3.63, 3.8) is 0 Å². The average molecular weight is 329 g/mol. The fraction of sp³-hybridized carbons (Fsp3) is 0.222. The number of carbonyl (C=O) groups excluding carboxylic acids is 2. The van der Waals surface area contributed by atoms with E-state index >= 15 is 0 Å². The van der Waals surface area contributed by atoms with Gasteiger partial charge < -0.3 is 19.9 Å². The Hall–Kier alpha value is -3.02. The third-order valence-corrected chi connectivity index (χ3v) is 3.38. The lowest BCUT2D eigenvalue weighted by Gasteiger charge is -2.15. The first-order valence-electron chi connectivity index (χ1n) is 7.37. The lowest BCUT2D eigenvalue weighted by molar-refractivity contribution is -0.123. The van der Waals surface area contributed by atoms with Crippen LogP contribution in [-0.4, -0.2) is 30.2 Å². The fourth-order valence-corrected chi connectivity index (χ4v) is 2.10. The van der Waals surface area contributed by atoms with Crippen molar-refractivity contribution in [3.05, 3.63) is 53.6 Å². The van der Waals surface area contributed by atoms with Crippen molar-refractivity contribution in [2.45, 2.75) is 20.0 Å². The predicted molar refractivity (Wildman–Crippen MR) is 89.3 cm³/mol. The maximum absolute atomic E-state index is 12.1. The minimum atomic E-state index is -1.02. The van der Waals surface area contributed by atoms with Crippen molar-refractivity contribution >= 4 is 17.6 Å². The summed E-state index contributed by atoms with van der Waals surface area (Å²) in [4.78, 5) is 24.3. The quantitative estimate of drug-likeness (QED) is 0.824. The van der Waals surface area contributed by atoms with Gasteiger partial charge in [-0.2, -0.15) is 0 Å². The van der Waals surface area contributed by atoms with Crippen molar-refractivity contribution in [3.8, 4) is 11.5 Å². The van der Waals surface area contributed by atoms with Gasteiger partial charge in [0.25, 0.3) is 5.91 Å². The minimum absolute atomic E-state index is 0.0652. The number of aromatic hydroxyl groups is 1. The molecule has 0 aliphatic carbocycles. The van der Waals surface area contributed by atoms with E-state index in [1.807, 2.05) is 19.1 Å². The first-order chi connectivity index (χ1) is 11.4. The molecular weight excluding hydrogens is 310 g/mol. The van der Waals surface area contributed by atoms with Crippen LogP contribution < -0.4 is 10.1 Å². The van der Waals surface area contributed by atoms with Crippen LogP contribution in [0.15, 0.2) is 42.5 Å². The summed E-state index contributed by atoms with van der Waals surface area (Å²) in [5.74, 6) is -1.44. The molecule has 0 fully saturated rings. The molecule has 0 bridgehead atoms. The highest BCUT2D eigenvalue weighted by atomic mass is 16.5. The predicted octanol–water partition coefficient (Wildman–Crippen LogP) is 2.89. The number of ether oxygens (including phenoxy) is 2. The van der Waals surface area contributed by atoms with E-state index in [1.165, 1.54) is 26.2 Å². The number of methoxy groups -OCH3 is 1. The molecule has 0 saturated heterocycles. The fourth-order valence-electron chi connectivity index (χ4n) is 2.10. The number of hydrogen-bond donors (Lipinski definition) is 2. The zero-order valence-corrected chi connectivity index (χ0v) is 13.7. The number of carbonyl (C=O) groups is 2. The van der Waals surface area contributed by atoms with Crippen LogP contribution in [0.1, 0.15) is 22.8 Å². The van der Waals surface area contributed by atoms with Gasteiger partial charge in [0.15, 0.2) is 17.6 Å². The first kappa shape index (κ1) is 17.3. The number of esters is 1. The van der Waals surface area contributed by atoms with Crippen molar-refractivity contribution in [1.29, 1.82) is 0 Å². The molecule has 2 aromatic rings. The zero-order valence-electron chi connectivity index (χ0n) is 13.7. The lowest BCUT2D eigenvalue weighted by atomic mass is 10.2. The summed E-state index contributed by atoms with van der Waals surface area (Å²) < 4.78 is 10.1. The van der Waals surface area contributed by atoms with E-state index in [4.69, 9.17) is 9.47 Å². The van der Waals surface area contributed by atoms with Gasteiger partial charge in [-0.05, 0) is 43.7 Å². The first-order valence-corrected chi connectivity index (χ1v) is 7.37. The van der Waals surface area contributed by atoms with Crippen LogP contribution in [0.5, 0.6) is 11.5 Å². The number of phenols is 1. The number of anilines is 1. The van der Waals surface area contributed by atoms with Gasteiger partial charge in [0.2, 0.25) is 0 Å². The Balaban J connectivity index is 2.04. The molecule has 0 radical (unpaired) electrons. The topological polar surface area (TPSA) is 84.9 Å². The standard InChI is InChI=1S/C18H19NO5/c1-11-6-4-7-13(10-11)19-17(21)12(2)24-18(22)14-8-5-9-15(23-3)16(14)20/h4-10,12,20H,1-3H3,(H,19,21)/t12-/m1/s1. The van der Waals surface area contributed by atoms with E-state index in [2.05, 4.69) is 5.32 Å². The Morgan fingerprint density at radius 1 is 1.17 bits per heavy atom. The molecule has 0 saturated carbocycles. The second kappa shape index (κ2) is 7.50. The molecule has 24 heavy (non-hydrogen) atoms. The summed E-state index contributed by atoms with van der Waals surface area (Å²) in [5, 5.41) is 12.6. The van der Waals surface area contributed by atoms with Gasteiger partial charge >= 0.3 is 5.97 Å². The van der Waals surface area contributed by atoms with Crippen molar-refractivity contribution < 1.29 is 24.2 Å². The van der Waals surface area contributed by atoms with Crippen LogP contribution in [0, 0.1) is 6.92 Å². The highest BCUT2D eigenvalue weighted by molar-refractivity contribution is 5.98. The Morgan fingerprint density at radius 3 is 2.54 bits per heavy atom. The van der Waals surface area contributed by atoms with E-state index in [0.717, 1.165) is 5.56 Å². The van der Waals surface area contributed by atoms with Gasteiger partial charge in [0.1, 0.15) is 5.56 Å². The minimum Gasteiger partial charge on any atom is -0.504 e. The van der Waals surface area contributed by atoms with E-state index < -0.39 is 18.0 Å². The molecule has 0 aliphatic heterocycles. The smallest absolute Gasteiger partial charge is 0.342 e. The summed E-state index contributed by atoms with van der Waals surface area (Å²) in [6.07, 6.45) is -1.02. The SMILES string of the molecule is COc1cccc(C(=O)O[C@H](C)C(=O)Nc2cccc(C)c2)c1O. The molecular formula is C18H19NO5. The molecule has 0 heterocycles. The molecule has 126 valence electrons. The second-order valence-electron chi connectivity index (χ2n) is 5.26. The molecule has 2 N–H and O–H groups in total. The summed E-state index contributed by atoms with van der Waals surface area (Å²) in [5.41, 5.74) is 1.55. The average Bonchev–Trinajstić information content (AvgIpc) is 2.54. The molecule has 0 spiro atoms. The van der Waals surface area contributed by atoms with Crippen LogP contribution in [0.2, 0.25) is 0 Å². The zero-order chi connectivity index (χ0) is 17.7. The number of phenolic OH excluding ortho intramolecular Hbond substituents is 1. The molecule has 0 aromatic heterocycles. The molecule has 0 aliphatic rings. The van der Waals surface area contributed by atoms with E-state index in [-0.39, 0.29) is 17.1 Å². The van der Waals surface area contributed by atoms with Gasteiger partial charge in [-0.15, -0.1) is 0 Å². The highest BCUT2D eigenvalue weighted by Gasteiger charge is 2.22.